The zero-order valence-electron chi connectivity index (χ0n) is 21.7. The summed E-state index contributed by atoms with van der Waals surface area (Å²) in [4.78, 5) is 55.4. The zero-order chi connectivity index (χ0) is 28.1. The summed E-state index contributed by atoms with van der Waals surface area (Å²) in [6.45, 7) is 1.81. The predicted octanol–water partition coefficient (Wildman–Crippen LogP) is 5.47. The van der Waals surface area contributed by atoms with Crippen molar-refractivity contribution >= 4 is 34.7 Å². The number of carbonyl (C=O) groups excluding carboxylic acids is 4. The maximum Gasteiger partial charge on any atom is 0.333 e. The van der Waals surface area contributed by atoms with Crippen molar-refractivity contribution < 1.29 is 28.3 Å². The lowest BCUT2D eigenvalue weighted by atomic mass is 9.95. The number of carbonyl (C=O) groups is 4. The fraction of sp³-hybridized carbons (Fsp3) is 0.194. The molecule has 9 heteroatoms. The third kappa shape index (κ3) is 5.89. The second-order valence-corrected chi connectivity index (χ2v) is 10.7. The highest BCUT2D eigenvalue weighted by molar-refractivity contribution is 8.16. The van der Waals surface area contributed by atoms with E-state index in [1.54, 1.807) is 36.4 Å². The Morgan fingerprint density at radius 3 is 2.25 bits per heavy atom. The number of amides is 2. The van der Waals surface area contributed by atoms with Crippen LogP contribution in [-0.2, 0) is 33.8 Å². The van der Waals surface area contributed by atoms with E-state index >= 15 is 0 Å². The normalized spacial score (nSPS) is 16.5. The fourth-order valence-electron chi connectivity index (χ4n) is 4.42. The first-order valence-corrected chi connectivity index (χ1v) is 13.6. The maximum absolute atomic E-state index is 13.1. The number of hydrogen-bond acceptors (Lipinski definition) is 8. The van der Waals surface area contributed by atoms with Crippen LogP contribution >= 0.6 is 11.8 Å². The summed E-state index contributed by atoms with van der Waals surface area (Å²) in [6, 6.07) is 25.3. The number of nitrogens with zero attached hydrogens (tertiary/aromatic N) is 1. The summed E-state index contributed by atoms with van der Waals surface area (Å²) in [5.41, 5.74) is 3.48. The van der Waals surface area contributed by atoms with Crippen LogP contribution in [0.15, 0.2) is 89.3 Å². The number of hydrogen-bond donors (Lipinski definition) is 1. The van der Waals surface area contributed by atoms with E-state index in [9.17, 15) is 19.2 Å². The molecule has 3 aromatic carbocycles. The Hall–Kier alpha value is -4.50. The van der Waals surface area contributed by atoms with Gasteiger partial charge >= 0.3 is 5.97 Å². The van der Waals surface area contributed by atoms with Gasteiger partial charge < -0.3 is 9.15 Å². The molecule has 1 aliphatic rings. The van der Waals surface area contributed by atoms with Crippen LogP contribution in [0.5, 0.6) is 0 Å². The number of oxazole rings is 1. The quantitative estimate of drug-likeness (QED) is 0.156. The van der Waals surface area contributed by atoms with Gasteiger partial charge in [0, 0.05) is 30.4 Å². The molecule has 2 amide bonds. The molecule has 2 heterocycles. The van der Waals surface area contributed by atoms with Crippen LogP contribution in [0.2, 0.25) is 0 Å². The lowest BCUT2D eigenvalue weighted by Gasteiger charge is -2.22. The Morgan fingerprint density at radius 1 is 0.925 bits per heavy atom. The number of Topliss-reactive ketones (excluding diaryl/α,β-unsaturated/α-hetero) is 1. The molecule has 1 fully saturated rings. The summed E-state index contributed by atoms with van der Waals surface area (Å²) >= 11 is 0.620. The van der Waals surface area contributed by atoms with E-state index in [2.05, 4.69) is 10.3 Å². The van der Waals surface area contributed by atoms with E-state index in [1.165, 1.54) is 0 Å². The van der Waals surface area contributed by atoms with Crippen LogP contribution in [0.4, 0.5) is 4.79 Å². The molecule has 0 spiro atoms. The van der Waals surface area contributed by atoms with Gasteiger partial charge in [-0.15, -0.1) is 0 Å². The molecule has 1 N–H and O–H groups in total. The second-order valence-electron chi connectivity index (χ2n) is 9.42. The average molecular weight is 555 g/mol. The molecule has 1 aliphatic heterocycles. The summed E-state index contributed by atoms with van der Waals surface area (Å²) < 4.78 is 9.49. The van der Waals surface area contributed by atoms with Crippen LogP contribution in [0, 0.1) is 6.92 Å². The number of thioether (sulfide) groups is 1. The van der Waals surface area contributed by atoms with Crippen molar-refractivity contribution in [1.29, 1.82) is 0 Å². The first-order chi connectivity index (χ1) is 19.3. The molecule has 0 bridgehead atoms. The van der Waals surface area contributed by atoms with Crippen LogP contribution in [-0.4, -0.2) is 32.6 Å². The van der Waals surface area contributed by atoms with Gasteiger partial charge in [-0.05, 0) is 41.9 Å². The Labute approximate surface area is 235 Å². The average Bonchev–Trinajstić information content (AvgIpc) is 3.49. The number of aryl methyl sites for hydroxylation is 2. The number of benzene rings is 3. The summed E-state index contributed by atoms with van der Waals surface area (Å²) in [5, 5.41) is 1.60. The molecular weight excluding hydrogens is 528 g/mol. The number of imide groups is 1. The largest absolute Gasteiger partial charge is 0.459 e. The van der Waals surface area contributed by atoms with E-state index in [0.29, 0.717) is 41.0 Å². The molecular formula is C31H26N2O6S. The van der Waals surface area contributed by atoms with Crippen LogP contribution < -0.4 is 5.32 Å². The zero-order valence-corrected chi connectivity index (χ0v) is 22.5. The van der Waals surface area contributed by atoms with E-state index in [1.807, 2.05) is 55.5 Å². The van der Waals surface area contributed by atoms with Gasteiger partial charge in [-0.3, -0.25) is 19.7 Å². The first kappa shape index (κ1) is 27.1. The third-order valence-corrected chi connectivity index (χ3v) is 7.76. The molecule has 0 unspecified atom stereocenters. The topological polar surface area (TPSA) is 116 Å². The Kier molecular flexibility index (Phi) is 7.93. The van der Waals surface area contributed by atoms with Gasteiger partial charge in [-0.1, -0.05) is 72.8 Å². The molecule has 1 aromatic heterocycles. The van der Waals surface area contributed by atoms with E-state index in [0.717, 1.165) is 16.8 Å². The highest BCUT2D eigenvalue weighted by Gasteiger charge is 2.55. The summed E-state index contributed by atoms with van der Waals surface area (Å²) in [7, 11) is 0. The van der Waals surface area contributed by atoms with Crippen LogP contribution in [0.25, 0.3) is 11.5 Å². The number of rotatable bonds is 10. The van der Waals surface area contributed by atoms with Gasteiger partial charge in [-0.25, -0.2) is 9.78 Å². The van der Waals surface area contributed by atoms with Crippen molar-refractivity contribution in [2.75, 3.05) is 0 Å². The molecule has 202 valence electrons. The van der Waals surface area contributed by atoms with Gasteiger partial charge in [0.25, 0.3) is 11.1 Å². The number of ketones is 1. The monoisotopic (exact) mass is 554 g/mol. The minimum absolute atomic E-state index is 0.0191. The van der Waals surface area contributed by atoms with Crippen molar-refractivity contribution in [3.63, 3.8) is 0 Å². The lowest BCUT2D eigenvalue weighted by Crippen LogP contribution is -2.46. The summed E-state index contributed by atoms with van der Waals surface area (Å²) in [6.07, 6.45) is 0.610. The minimum Gasteiger partial charge on any atom is -0.459 e. The van der Waals surface area contributed by atoms with Gasteiger partial charge in [0.1, 0.15) is 12.4 Å². The highest BCUT2D eigenvalue weighted by atomic mass is 32.2. The third-order valence-electron chi connectivity index (χ3n) is 6.62. The molecule has 0 aliphatic carbocycles. The molecule has 5 rings (SSSR count). The van der Waals surface area contributed by atoms with Gasteiger partial charge in [-0.2, -0.15) is 0 Å². The van der Waals surface area contributed by atoms with E-state index in [4.69, 9.17) is 9.15 Å². The molecule has 8 nitrogen and oxygen atoms in total. The van der Waals surface area contributed by atoms with Crippen molar-refractivity contribution in [2.45, 2.75) is 37.5 Å². The van der Waals surface area contributed by atoms with Crippen molar-refractivity contribution in [3.05, 3.63) is 113 Å². The number of ether oxygens (including phenoxy) is 1. The predicted molar refractivity (Wildman–Crippen MR) is 150 cm³/mol. The number of esters is 1. The number of nitrogens with one attached hydrogen (secondary N) is 1. The smallest absolute Gasteiger partial charge is 0.333 e. The van der Waals surface area contributed by atoms with Gasteiger partial charge in [0.15, 0.2) is 5.78 Å². The van der Waals surface area contributed by atoms with E-state index < -0.39 is 21.9 Å². The minimum atomic E-state index is -1.74. The van der Waals surface area contributed by atoms with Crippen molar-refractivity contribution in [1.82, 2.24) is 10.3 Å². The Bertz CT molecular complexity index is 1550. The highest BCUT2D eigenvalue weighted by Crippen LogP contribution is 2.37. The molecule has 1 saturated heterocycles. The first-order valence-electron chi connectivity index (χ1n) is 12.7. The molecule has 40 heavy (non-hydrogen) atoms. The molecule has 4 aromatic rings. The maximum atomic E-state index is 13.1. The fourth-order valence-corrected chi connectivity index (χ4v) is 5.41. The molecule has 0 saturated carbocycles. The summed E-state index contributed by atoms with van der Waals surface area (Å²) in [5.74, 6) is -0.376. The Balaban J connectivity index is 1.24. The number of aromatic nitrogens is 1. The van der Waals surface area contributed by atoms with Crippen molar-refractivity contribution in [3.8, 4) is 11.5 Å². The SMILES string of the molecule is Cc1oc(-c2ccccc2)nc1CCC(=O)c1ccc(C[C@@]2(C(=O)OCc3ccccc3)SC(=O)NC2=O)cc1. The van der Waals surface area contributed by atoms with Gasteiger partial charge in [0.2, 0.25) is 10.6 Å². The Morgan fingerprint density at radius 2 is 1.60 bits per heavy atom. The van der Waals surface area contributed by atoms with Crippen LogP contribution in [0.3, 0.4) is 0 Å². The molecule has 1 atom stereocenters. The van der Waals surface area contributed by atoms with E-state index in [-0.39, 0.29) is 25.2 Å². The lowest BCUT2D eigenvalue weighted by molar-refractivity contribution is -0.150. The van der Waals surface area contributed by atoms with Gasteiger partial charge in [0.05, 0.1) is 5.69 Å². The second kappa shape index (κ2) is 11.7. The molecule has 0 radical (unpaired) electrons. The standard InChI is InChI=1S/C31H26N2O6S/c1-20-25(32-27(39-20)24-10-6-3-7-11-24)16-17-26(34)23-14-12-21(13-15-23)18-31(28(35)33-30(37)40-31)29(36)38-19-22-8-4-2-5-9-22/h2-15H,16-19H2,1H3,(H,33,35,37)/t31-/m1/s1. The van der Waals surface area contributed by atoms with Crippen molar-refractivity contribution in [2.24, 2.45) is 0 Å². The van der Waals surface area contributed by atoms with Crippen LogP contribution in [0.1, 0.15) is 39.4 Å².